The van der Waals surface area contributed by atoms with Crippen LogP contribution in [0.25, 0.3) is 16.6 Å². The van der Waals surface area contributed by atoms with E-state index in [2.05, 4.69) is 25.0 Å². The zero-order valence-corrected chi connectivity index (χ0v) is 18.6. The Hall–Kier alpha value is -3.79. The molecular formula is C24H24FN7O2. The van der Waals surface area contributed by atoms with Crippen LogP contribution in [0.15, 0.2) is 49.1 Å². The van der Waals surface area contributed by atoms with Gasteiger partial charge in [0.2, 0.25) is 5.95 Å². The Balaban J connectivity index is 1.28. The molecule has 0 saturated carbocycles. The van der Waals surface area contributed by atoms with E-state index < -0.39 is 5.82 Å². The smallest absolute Gasteiger partial charge is 0.226 e. The van der Waals surface area contributed by atoms with Crippen molar-refractivity contribution in [1.82, 2.24) is 24.6 Å². The van der Waals surface area contributed by atoms with Crippen LogP contribution in [0.3, 0.4) is 0 Å². The lowest BCUT2D eigenvalue weighted by Crippen LogP contribution is -2.59. The molecule has 2 atom stereocenters. The number of pyridine rings is 2. The normalized spacial score (nSPS) is 22.2. The highest BCUT2D eigenvalue weighted by atomic mass is 19.1. The quantitative estimate of drug-likeness (QED) is 0.495. The number of nitrogen functional groups attached to an aromatic ring is 1. The van der Waals surface area contributed by atoms with Crippen molar-refractivity contribution in [3.05, 3.63) is 60.6 Å². The summed E-state index contributed by atoms with van der Waals surface area (Å²) >= 11 is 0. The van der Waals surface area contributed by atoms with Crippen LogP contribution >= 0.6 is 0 Å². The first-order valence-electron chi connectivity index (χ1n) is 11.3. The number of rotatable bonds is 4. The molecule has 0 radical (unpaired) electrons. The number of anilines is 2. The molecule has 0 amide bonds. The number of halogens is 1. The van der Waals surface area contributed by atoms with E-state index in [1.807, 2.05) is 37.4 Å². The molecule has 174 valence electrons. The summed E-state index contributed by atoms with van der Waals surface area (Å²) in [6.45, 7) is 3.07. The minimum absolute atomic E-state index is 0.0202. The van der Waals surface area contributed by atoms with Crippen molar-refractivity contribution in [3.8, 4) is 16.9 Å². The second-order valence-electron chi connectivity index (χ2n) is 8.84. The Morgan fingerprint density at radius 3 is 2.59 bits per heavy atom. The van der Waals surface area contributed by atoms with Crippen molar-refractivity contribution in [1.29, 1.82) is 0 Å². The summed E-state index contributed by atoms with van der Waals surface area (Å²) in [7, 11) is 0. The first-order chi connectivity index (χ1) is 16.5. The van der Waals surface area contributed by atoms with Crippen molar-refractivity contribution in [2.24, 2.45) is 0 Å². The molecule has 2 aliphatic heterocycles. The van der Waals surface area contributed by atoms with Gasteiger partial charge < -0.3 is 20.1 Å². The first-order valence-corrected chi connectivity index (χ1v) is 11.3. The van der Waals surface area contributed by atoms with E-state index in [4.69, 9.17) is 15.2 Å². The van der Waals surface area contributed by atoms with Gasteiger partial charge in [-0.25, -0.2) is 18.9 Å². The van der Waals surface area contributed by atoms with Crippen molar-refractivity contribution in [2.45, 2.75) is 38.0 Å². The average molecular weight is 462 g/mol. The summed E-state index contributed by atoms with van der Waals surface area (Å²) in [6.07, 6.45) is 7.55. The van der Waals surface area contributed by atoms with Gasteiger partial charge in [0.15, 0.2) is 5.82 Å². The number of piperidine rings is 1. The van der Waals surface area contributed by atoms with Gasteiger partial charge in [-0.2, -0.15) is 5.10 Å². The second-order valence-corrected chi connectivity index (χ2v) is 8.84. The minimum atomic E-state index is -0.445. The third-order valence-corrected chi connectivity index (χ3v) is 6.41. The SMILES string of the molecule is Cc1cc(-c2ccn3nc(N)cc3c2)c(OC2CC3COCC(C2)N3c2ncc(F)cn2)cn1. The fourth-order valence-corrected chi connectivity index (χ4v) is 4.95. The van der Waals surface area contributed by atoms with E-state index in [0.717, 1.165) is 40.9 Å². The number of aromatic nitrogens is 5. The maximum atomic E-state index is 13.3. The Morgan fingerprint density at radius 1 is 1.06 bits per heavy atom. The van der Waals surface area contributed by atoms with Crippen LogP contribution < -0.4 is 15.4 Å². The number of ether oxygens (including phenoxy) is 2. The minimum Gasteiger partial charge on any atom is -0.488 e. The molecule has 0 spiro atoms. The molecule has 34 heavy (non-hydrogen) atoms. The molecule has 0 aliphatic carbocycles. The fourth-order valence-electron chi connectivity index (χ4n) is 4.95. The molecule has 2 fully saturated rings. The van der Waals surface area contributed by atoms with Gasteiger partial charge in [0, 0.05) is 36.4 Å². The molecule has 6 rings (SSSR count). The van der Waals surface area contributed by atoms with Gasteiger partial charge in [0.25, 0.3) is 0 Å². The number of hydrogen-bond acceptors (Lipinski definition) is 8. The second kappa shape index (κ2) is 8.21. The molecule has 0 aromatic carbocycles. The van der Waals surface area contributed by atoms with Crippen LogP contribution in [0.4, 0.5) is 16.2 Å². The topological polar surface area (TPSA) is 104 Å². The van der Waals surface area contributed by atoms with Crippen molar-refractivity contribution < 1.29 is 13.9 Å². The zero-order valence-electron chi connectivity index (χ0n) is 18.6. The summed E-state index contributed by atoms with van der Waals surface area (Å²) in [5.74, 6) is 1.30. The summed E-state index contributed by atoms with van der Waals surface area (Å²) in [5, 5.41) is 4.25. The lowest BCUT2D eigenvalue weighted by atomic mass is 9.92. The van der Waals surface area contributed by atoms with Crippen LogP contribution in [0.2, 0.25) is 0 Å². The number of nitrogens with zero attached hydrogens (tertiary/aromatic N) is 6. The van der Waals surface area contributed by atoms with Gasteiger partial charge >= 0.3 is 0 Å². The molecule has 2 aliphatic rings. The first kappa shape index (κ1) is 20.8. The molecule has 6 heterocycles. The van der Waals surface area contributed by atoms with Crippen LogP contribution in [-0.4, -0.2) is 56.0 Å². The molecule has 2 bridgehead atoms. The van der Waals surface area contributed by atoms with Crippen LogP contribution in [0.1, 0.15) is 18.5 Å². The van der Waals surface area contributed by atoms with Crippen LogP contribution in [-0.2, 0) is 4.74 Å². The Morgan fingerprint density at radius 2 is 1.82 bits per heavy atom. The number of nitrogens with two attached hydrogens (primary N) is 1. The van der Waals surface area contributed by atoms with Crippen LogP contribution in [0, 0.1) is 12.7 Å². The number of fused-ring (bicyclic) bond motifs is 3. The van der Waals surface area contributed by atoms with E-state index in [1.165, 1.54) is 12.4 Å². The molecule has 2 unspecified atom stereocenters. The molecule has 9 nitrogen and oxygen atoms in total. The van der Waals surface area contributed by atoms with Crippen LogP contribution in [0.5, 0.6) is 5.75 Å². The van der Waals surface area contributed by atoms with Crippen molar-refractivity contribution >= 4 is 17.3 Å². The Bertz CT molecular complexity index is 1330. The zero-order chi connectivity index (χ0) is 23.2. The molecule has 10 heteroatoms. The molecular weight excluding hydrogens is 437 g/mol. The number of hydrogen-bond donors (Lipinski definition) is 1. The van der Waals surface area contributed by atoms with Gasteiger partial charge in [-0.15, -0.1) is 0 Å². The summed E-state index contributed by atoms with van der Waals surface area (Å²) in [6, 6.07) is 8.02. The molecule has 2 saturated heterocycles. The van der Waals surface area contributed by atoms with E-state index >= 15 is 0 Å². The van der Waals surface area contributed by atoms with E-state index in [9.17, 15) is 4.39 Å². The van der Waals surface area contributed by atoms with Gasteiger partial charge in [0.1, 0.15) is 17.7 Å². The highest BCUT2D eigenvalue weighted by Gasteiger charge is 2.41. The summed E-state index contributed by atoms with van der Waals surface area (Å²) in [4.78, 5) is 15.0. The summed E-state index contributed by atoms with van der Waals surface area (Å²) in [5.41, 5.74) is 9.65. The molecule has 2 N–H and O–H groups in total. The average Bonchev–Trinajstić information content (AvgIpc) is 3.19. The number of morpholine rings is 1. The maximum Gasteiger partial charge on any atom is 0.226 e. The molecule has 4 aromatic heterocycles. The van der Waals surface area contributed by atoms with Crippen molar-refractivity contribution in [2.75, 3.05) is 23.8 Å². The third-order valence-electron chi connectivity index (χ3n) is 6.41. The predicted octanol–water partition coefficient (Wildman–Crippen LogP) is 3.03. The van der Waals surface area contributed by atoms with E-state index in [1.54, 1.807) is 10.7 Å². The van der Waals surface area contributed by atoms with Gasteiger partial charge in [-0.1, -0.05) is 0 Å². The van der Waals surface area contributed by atoms with Gasteiger partial charge in [-0.3, -0.25) is 4.98 Å². The third kappa shape index (κ3) is 3.79. The Kier molecular flexibility index (Phi) is 5.02. The largest absolute Gasteiger partial charge is 0.488 e. The molecule has 4 aromatic rings. The summed E-state index contributed by atoms with van der Waals surface area (Å²) < 4.78 is 27.5. The highest BCUT2D eigenvalue weighted by Crippen LogP contribution is 2.36. The van der Waals surface area contributed by atoms with Crippen molar-refractivity contribution in [3.63, 3.8) is 0 Å². The lowest BCUT2D eigenvalue weighted by Gasteiger charge is -2.48. The highest BCUT2D eigenvalue weighted by molar-refractivity contribution is 5.74. The Labute approximate surface area is 195 Å². The van der Waals surface area contributed by atoms with Gasteiger partial charge in [0.05, 0.1) is 49.4 Å². The predicted molar refractivity (Wildman–Crippen MR) is 124 cm³/mol. The van der Waals surface area contributed by atoms with Gasteiger partial charge in [-0.05, 0) is 30.7 Å². The fraction of sp³-hybridized carbons (Fsp3) is 0.333. The maximum absolute atomic E-state index is 13.3. The monoisotopic (exact) mass is 461 g/mol. The van der Waals surface area contributed by atoms with E-state index in [0.29, 0.717) is 25.0 Å². The lowest BCUT2D eigenvalue weighted by molar-refractivity contribution is 0.00797. The standard InChI is InChI=1S/C24H24FN7O2/c1-14-4-21(15-2-3-31-17(5-15)8-23(26)30-31)22(11-27-14)34-20-6-18-12-33-13-19(7-20)32(18)24-28-9-16(25)10-29-24/h2-5,8-11,18-20H,6-7,12-13H2,1H3,(H2,26,30). The number of aryl methyl sites for hydroxylation is 1. The van der Waals surface area contributed by atoms with E-state index in [-0.39, 0.29) is 18.2 Å².